The summed E-state index contributed by atoms with van der Waals surface area (Å²) in [7, 11) is 1.60. The van der Waals surface area contributed by atoms with E-state index in [1.807, 2.05) is 24.3 Å². The predicted molar refractivity (Wildman–Crippen MR) is 106 cm³/mol. The van der Waals surface area contributed by atoms with Crippen LogP contribution in [0.4, 0.5) is 0 Å². The van der Waals surface area contributed by atoms with Crippen LogP contribution in [0.2, 0.25) is 0 Å². The van der Waals surface area contributed by atoms with Gasteiger partial charge in [-0.1, -0.05) is 23.5 Å². The first-order chi connectivity index (χ1) is 13.5. The molecule has 2 aromatic heterocycles. The number of esters is 1. The summed E-state index contributed by atoms with van der Waals surface area (Å²) >= 11 is 1.27. The summed E-state index contributed by atoms with van der Waals surface area (Å²) in [6.45, 7) is 1.35. The minimum absolute atomic E-state index is 0.226. The van der Waals surface area contributed by atoms with Crippen LogP contribution in [0, 0.1) is 0 Å². The predicted octanol–water partition coefficient (Wildman–Crippen LogP) is 2.30. The Morgan fingerprint density at radius 3 is 2.36 bits per heavy atom. The molecule has 7 nitrogen and oxygen atoms in total. The van der Waals surface area contributed by atoms with Crippen molar-refractivity contribution in [1.29, 1.82) is 0 Å². The van der Waals surface area contributed by atoms with E-state index in [0.717, 1.165) is 16.9 Å². The molecule has 2 aromatic carbocycles. The van der Waals surface area contributed by atoms with Gasteiger partial charge in [0.25, 0.3) is 5.56 Å². The van der Waals surface area contributed by atoms with Gasteiger partial charge in [-0.15, -0.1) is 5.10 Å². The van der Waals surface area contributed by atoms with Gasteiger partial charge in [0.05, 0.1) is 11.6 Å². The van der Waals surface area contributed by atoms with Gasteiger partial charge in [0.15, 0.2) is 5.82 Å². The third-order valence-corrected chi connectivity index (χ3v) is 4.93. The van der Waals surface area contributed by atoms with Crippen molar-refractivity contribution >= 4 is 28.3 Å². The van der Waals surface area contributed by atoms with Gasteiger partial charge in [-0.3, -0.25) is 9.59 Å². The first-order valence-electron chi connectivity index (χ1n) is 8.38. The lowest BCUT2D eigenvalue weighted by Gasteiger charge is -2.00. The third kappa shape index (κ3) is 3.49. The van der Waals surface area contributed by atoms with Gasteiger partial charge in [-0.05, 0) is 48.0 Å². The first-order valence-corrected chi connectivity index (χ1v) is 9.19. The highest BCUT2D eigenvalue weighted by molar-refractivity contribution is 7.15. The Morgan fingerprint density at radius 2 is 1.75 bits per heavy atom. The normalized spacial score (nSPS) is 11.7. The van der Waals surface area contributed by atoms with E-state index in [2.05, 4.69) is 10.1 Å². The fourth-order valence-corrected chi connectivity index (χ4v) is 3.55. The molecular formula is C20H15N3O4S. The largest absolute Gasteiger partial charge is 0.497 e. The maximum absolute atomic E-state index is 12.6. The van der Waals surface area contributed by atoms with Gasteiger partial charge in [0.2, 0.25) is 4.96 Å². The molecule has 0 unspecified atom stereocenters. The molecule has 140 valence electrons. The smallest absolute Gasteiger partial charge is 0.308 e. The Labute approximate surface area is 163 Å². The summed E-state index contributed by atoms with van der Waals surface area (Å²) in [4.78, 5) is 28.6. The molecule has 0 aliphatic heterocycles. The molecule has 0 aliphatic carbocycles. The molecule has 2 heterocycles. The lowest BCUT2D eigenvalue weighted by Crippen LogP contribution is -2.23. The third-order valence-electron chi connectivity index (χ3n) is 3.97. The Morgan fingerprint density at radius 1 is 1.07 bits per heavy atom. The van der Waals surface area contributed by atoms with Crippen molar-refractivity contribution in [2.45, 2.75) is 6.92 Å². The van der Waals surface area contributed by atoms with E-state index in [9.17, 15) is 9.59 Å². The van der Waals surface area contributed by atoms with Gasteiger partial charge >= 0.3 is 5.97 Å². The molecule has 28 heavy (non-hydrogen) atoms. The van der Waals surface area contributed by atoms with Gasteiger partial charge in [-0.25, -0.2) is 0 Å². The Kier molecular flexibility index (Phi) is 4.62. The quantitative estimate of drug-likeness (QED) is 0.391. The van der Waals surface area contributed by atoms with Crippen molar-refractivity contribution in [1.82, 2.24) is 14.6 Å². The molecule has 0 spiro atoms. The molecule has 0 bridgehead atoms. The van der Waals surface area contributed by atoms with E-state index in [4.69, 9.17) is 9.47 Å². The fourth-order valence-electron chi connectivity index (χ4n) is 2.65. The van der Waals surface area contributed by atoms with Gasteiger partial charge < -0.3 is 9.47 Å². The van der Waals surface area contributed by atoms with Crippen LogP contribution in [0.5, 0.6) is 11.5 Å². The van der Waals surface area contributed by atoms with Crippen LogP contribution in [0.15, 0.2) is 53.3 Å². The van der Waals surface area contributed by atoms with Crippen LogP contribution in [0.25, 0.3) is 22.4 Å². The molecule has 0 fully saturated rings. The number of methoxy groups -OCH3 is 1. The van der Waals surface area contributed by atoms with Crippen LogP contribution >= 0.6 is 11.3 Å². The van der Waals surface area contributed by atoms with Gasteiger partial charge in [0.1, 0.15) is 11.5 Å². The minimum Gasteiger partial charge on any atom is -0.497 e. The van der Waals surface area contributed by atoms with Gasteiger partial charge in [0, 0.05) is 12.5 Å². The van der Waals surface area contributed by atoms with E-state index in [1.54, 1.807) is 37.5 Å². The molecule has 4 rings (SSSR count). The number of benzene rings is 2. The van der Waals surface area contributed by atoms with Crippen molar-refractivity contribution in [3.05, 3.63) is 69.0 Å². The van der Waals surface area contributed by atoms with Crippen LogP contribution in [0.1, 0.15) is 12.5 Å². The van der Waals surface area contributed by atoms with E-state index in [1.165, 1.54) is 22.8 Å². The Bertz CT molecular complexity index is 1260. The Hall–Kier alpha value is -3.52. The van der Waals surface area contributed by atoms with E-state index >= 15 is 0 Å². The molecular weight excluding hydrogens is 378 g/mol. The number of fused-ring (bicyclic) bond motifs is 1. The number of ether oxygens (including phenoxy) is 2. The molecule has 8 heteroatoms. The number of carbonyl (C=O) groups is 1. The SMILES string of the molecule is COc1ccc(-c2nc3sc(=Cc4ccc(OC(C)=O)cc4)c(=O)n3n2)cc1. The second-order valence-corrected chi connectivity index (χ2v) is 6.95. The fraction of sp³-hybridized carbons (Fsp3) is 0.100. The average Bonchev–Trinajstić information content (AvgIpc) is 3.23. The lowest BCUT2D eigenvalue weighted by atomic mass is 10.2. The van der Waals surface area contributed by atoms with Crippen molar-refractivity contribution in [2.24, 2.45) is 0 Å². The van der Waals surface area contributed by atoms with E-state index in [0.29, 0.717) is 21.1 Å². The topological polar surface area (TPSA) is 82.8 Å². The highest BCUT2D eigenvalue weighted by Crippen LogP contribution is 2.20. The zero-order chi connectivity index (χ0) is 19.7. The highest BCUT2D eigenvalue weighted by atomic mass is 32.1. The lowest BCUT2D eigenvalue weighted by molar-refractivity contribution is -0.131. The summed E-state index contributed by atoms with van der Waals surface area (Å²) in [5.74, 6) is 1.31. The molecule has 0 N–H and O–H groups in total. The zero-order valence-corrected chi connectivity index (χ0v) is 15.9. The van der Waals surface area contributed by atoms with Crippen LogP contribution in [0.3, 0.4) is 0 Å². The summed E-state index contributed by atoms with van der Waals surface area (Å²) in [6.07, 6.45) is 1.76. The first kappa shape index (κ1) is 17.9. The standard InChI is InChI=1S/C20H15N3O4S/c1-12(24)27-16-7-3-13(4-8-16)11-17-19(25)23-20(28-17)21-18(22-23)14-5-9-15(26-2)10-6-14/h3-11H,1-2H3. The van der Waals surface area contributed by atoms with Crippen molar-refractivity contribution in [3.8, 4) is 22.9 Å². The number of hydrogen-bond acceptors (Lipinski definition) is 7. The Balaban J connectivity index is 1.66. The summed E-state index contributed by atoms with van der Waals surface area (Å²) in [5.41, 5.74) is 1.40. The number of nitrogens with zero attached hydrogens (tertiary/aromatic N) is 3. The summed E-state index contributed by atoms with van der Waals surface area (Å²) in [6, 6.07) is 14.2. The number of hydrogen-bond donors (Lipinski definition) is 0. The number of thiazole rings is 1. The maximum Gasteiger partial charge on any atom is 0.308 e. The molecule has 0 amide bonds. The van der Waals surface area contributed by atoms with Crippen molar-refractivity contribution in [2.75, 3.05) is 7.11 Å². The van der Waals surface area contributed by atoms with E-state index < -0.39 is 0 Å². The second kappa shape index (κ2) is 7.24. The minimum atomic E-state index is -0.378. The maximum atomic E-state index is 12.6. The van der Waals surface area contributed by atoms with Crippen molar-refractivity contribution in [3.63, 3.8) is 0 Å². The van der Waals surface area contributed by atoms with Crippen LogP contribution in [-0.4, -0.2) is 27.7 Å². The summed E-state index contributed by atoms with van der Waals surface area (Å²) in [5, 5.41) is 4.33. The number of rotatable bonds is 4. The highest BCUT2D eigenvalue weighted by Gasteiger charge is 2.12. The van der Waals surface area contributed by atoms with Crippen LogP contribution < -0.4 is 19.6 Å². The van der Waals surface area contributed by atoms with Gasteiger partial charge in [-0.2, -0.15) is 9.50 Å². The molecule has 0 saturated carbocycles. The number of carbonyl (C=O) groups excluding carboxylic acids is 1. The summed E-state index contributed by atoms with van der Waals surface area (Å²) < 4.78 is 12.0. The van der Waals surface area contributed by atoms with Crippen molar-refractivity contribution < 1.29 is 14.3 Å². The van der Waals surface area contributed by atoms with E-state index in [-0.39, 0.29) is 11.5 Å². The molecule has 0 aliphatic rings. The zero-order valence-electron chi connectivity index (χ0n) is 15.1. The molecule has 0 atom stereocenters. The monoisotopic (exact) mass is 393 g/mol. The average molecular weight is 393 g/mol. The molecule has 0 saturated heterocycles. The van der Waals surface area contributed by atoms with Crippen LogP contribution in [-0.2, 0) is 4.79 Å². The molecule has 0 radical (unpaired) electrons. The molecule has 4 aromatic rings. The second-order valence-electron chi connectivity index (χ2n) is 5.94. The number of aromatic nitrogens is 3.